The van der Waals surface area contributed by atoms with E-state index in [9.17, 15) is 0 Å². The predicted octanol–water partition coefficient (Wildman–Crippen LogP) is 3.73. The highest BCUT2D eigenvalue weighted by Gasteiger charge is 2.08. The Balaban J connectivity index is 2.17. The SMILES string of the molecule is Cc1ncccc1Oc1ccc(Cl)c(CNC(C)C)n1. The lowest BCUT2D eigenvalue weighted by Crippen LogP contribution is -2.22. The highest BCUT2D eigenvalue weighted by molar-refractivity contribution is 6.31. The first-order valence-corrected chi connectivity index (χ1v) is 6.92. The van der Waals surface area contributed by atoms with E-state index in [0.29, 0.717) is 29.2 Å². The van der Waals surface area contributed by atoms with Gasteiger partial charge in [0.1, 0.15) is 0 Å². The first-order valence-electron chi connectivity index (χ1n) is 6.54. The van der Waals surface area contributed by atoms with E-state index in [2.05, 4.69) is 29.1 Å². The van der Waals surface area contributed by atoms with Crippen LogP contribution in [-0.2, 0) is 6.54 Å². The molecule has 20 heavy (non-hydrogen) atoms. The van der Waals surface area contributed by atoms with Gasteiger partial charge in [-0.2, -0.15) is 0 Å². The van der Waals surface area contributed by atoms with Gasteiger partial charge in [0.15, 0.2) is 5.75 Å². The summed E-state index contributed by atoms with van der Waals surface area (Å²) >= 11 is 6.14. The van der Waals surface area contributed by atoms with Gasteiger partial charge in [0.05, 0.1) is 16.4 Å². The summed E-state index contributed by atoms with van der Waals surface area (Å²) in [6.45, 7) is 6.66. The van der Waals surface area contributed by atoms with E-state index in [1.54, 1.807) is 18.3 Å². The van der Waals surface area contributed by atoms with E-state index in [1.165, 1.54) is 0 Å². The van der Waals surface area contributed by atoms with Gasteiger partial charge >= 0.3 is 0 Å². The minimum Gasteiger partial charge on any atom is -0.437 e. The van der Waals surface area contributed by atoms with Crippen LogP contribution in [0.3, 0.4) is 0 Å². The molecule has 106 valence electrons. The lowest BCUT2D eigenvalue weighted by molar-refractivity contribution is 0.452. The number of pyridine rings is 2. The van der Waals surface area contributed by atoms with Gasteiger partial charge in [0.2, 0.25) is 5.88 Å². The van der Waals surface area contributed by atoms with Gasteiger partial charge < -0.3 is 10.1 Å². The number of hydrogen-bond donors (Lipinski definition) is 1. The predicted molar refractivity (Wildman–Crippen MR) is 80.3 cm³/mol. The Morgan fingerprint density at radius 1 is 1.30 bits per heavy atom. The molecule has 5 heteroatoms. The van der Waals surface area contributed by atoms with Gasteiger partial charge in [0, 0.05) is 24.8 Å². The van der Waals surface area contributed by atoms with Crippen molar-refractivity contribution in [1.82, 2.24) is 15.3 Å². The summed E-state index contributed by atoms with van der Waals surface area (Å²) in [5.41, 5.74) is 1.60. The van der Waals surface area contributed by atoms with Crippen LogP contribution in [0.4, 0.5) is 0 Å². The molecule has 0 aliphatic carbocycles. The average Bonchev–Trinajstić information content (AvgIpc) is 2.42. The number of hydrogen-bond acceptors (Lipinski definition) is 4. The largest absolute Gasteiger partial charge is 0.437 e. The van der Waals surface area contributed by atoms with Crippen molar-refractivity contribution < 1.29 is 4.74 Å². The van der Waals surface area contributed by atoms with Crippen molar-refractivity contribution in [1.29, 1.82) is 0 Å². The summed E-state index contributed by atoms with van der Waals surface area (Å²) in [5, 5.41) is 3.92. The molecular formula is C15H18ClN3O. The van der Waals surface area contributed by atoms with Crippen LogP contribution in [0.5, 0.6) is 11.6 Å². The first kappa shape index (κ1) is 14.8. The second kappa shape index (κ2) is 6.68. The topological polar surface area (TPSA) is 47.0 Å². The lowest BCUT2D eigenvalue weighted by atomic mass is 10.3. The Kier molecular flexibility index (Phi) is 4.93. The quantitative estimate of drug-likeness (QED) is 0.912. The van der Waals surface area contributed by atoms with Gasteiger partial charge in [-0.1, -0.05) is 25.4 Å². The molecule has 0 bridgehead atoms. The van der Waals surface area contributed by atoms with Crippen molar-refractivity contribution in [2.45, 2.75) is 33.4 Å². The minimum atomic E-state index is 0.373. The van der Waals surface area contributed by atoms with Crippen LogP contribution < -0.4 is 10.1 Å². The maximum absolute atomic E-state index is 6.14. The Labute approximate surface area is 124 Å². The van der Waals surface area contributed by atoms with Gasteiger partial charge in [-0.25, -0.2) is 4.98 Å². The molecular weight excluding hydrogens is 274 g/mol. The Bertz CT molecular complexity index is 587. The zero-order valence-electron chi connectivity index (χ0n) is 11.9. The first-order chi connectivity index (χ1) is 9.56. The van der Waals surface area contributed by atoms with Gasteiger partial charge in [-0.05, 0) is 25.1 Å². The number of aryl methyl sites for hydroxylation is 1. The normalized spacial score (nSPS) is 10.8. The van der Waals surface area contributed by atoms with Gasteiger partial charge in [-0.15, -0.1) is 0 Å². The van der Waals surface area contributed by atoms with Crippen LogP contribution in [-0.4, -0.2) is 16.0 Å². The number of nitrogens with zero attached hydrogens (tertiary/aromatic N) is 2. The molecule has 0 aliphatic heterocycles. The number of rotatable bonds is 5. The van der Waals surface area contributed by atoms with E-state index >= 15 is 0 Å². The molecule has 0 aliphatic rings. The molecule has 2 aromatic heterocycles. The number of halogens is 1. The summed E-state index contributed by atoms with van der Waals surface area (Å²) in [7, 11) is 0. The summed E-state index contributed by atoms with van der Waals surface area (Å²) in [6.07, 6.45) is 1.73. The molecule has 0 radical (unpaired) electrons. The van der Waals surface area contributed by atoms with Crippen molar-refractivity contribution in [3.63, 3.8) is 0 Å². The van der Waals surface area contributed by atoms with Crippen LogP contribution in [0, 0.1) is 6.92 Å². The van der Waals surface area contributed by atoms with Crippen molar-refractivity contribution in [2.75, 3.05) is 0 Å². The Morgan fingerprint density at radius 2 is 2.10 bits per heavy atom. The van der Waals surface area contributed by atoms with Crippen LogP contribution in [0.2, 0.25) is 5.02 Å². The molecule has 1 N–H and O–H groups in total. The second-order valence-corrected chi connectivity index (χ2v) is 5.21. The maximum Gasteiger partial charge on any atom is 0.219 e. The third-order valence-electron chi connectivity index (χ3n) is 2.74. The standard InChI is InChI=1S/C15H18ClN3O/c1-10(2)18-9-13-12(16)6-7-15(19-13)20-14-5-4-8-17-11(14)3/h4-8,10,18H,9H2,1-3H3. The van der Waals surface area contributed by atoms with Crippen LogP contribution >= 0.6 is 11.6 Å². The van der Waals surface area contributed by atoms with Crippen molar-refractivity contribution in [3.8, 4) is 11.6 Å². The van der Waals surface area contributed by atoms with E-state index in [4.69, 9.17) is 16.3 Å². The monoisotopic (exact) mass is 291 g/mol. The molecule has 0 atom stereocenters. The molecule has 4 nitrogen and oxygen atoms in total. The van der Waals surface area contributed by atoms with E-state index in [0.717, 1.165) is 11.4 Å². The second-order valence-electron chi connectivity index (χ2n) is 4.80. The van der Waals surface area contributed by atoms with Gasteiger partial charge in [0.25, 0.3) is 0 Å². The third-order valence-corrected chi connectivity index (χ3v) is 3.09. The molecule has 2 heterocycles. The number of aromatic nitrogens is 2. The van der Waals surface area contributed by atoms with Gasteiger partial charge in [-0.3, -0.25) is 4.98 Å². The smallest absolute Gasteiger partial charge is 0.219 e. The van der Waals surface area contributed by atoms with Crippen molar-refractivity contribution >= 4 is 11.6 Å². The summed E-state index contributed by atoms with van der Waals surface area (Å²) in [6, 6.07) is 7.63. The fourth-order valence-electron chi connectivity index (χ4n) is 1.64. The highest BCUT2D eigenvalue weighted by Crippen LogP contribution is 2.24. The lowest BCUT2D eigenvalue weighted by Gasteiger charge is -2.11. The van der Waals surface area contributed by atoms with E-state index in [-0.39, 0.29) is 0 Å². The average molecular weight is 292 g/mol. The fourth-order valence-corrected chi connectivity index (χ4v) is 1.81. The van der Waals surface area contributed by atoms with Crippen LogP contribution in [0.15, 0.2) is 30.5 Å². The van der Waals surface area contributed by atoms with Crippen molar-refractivity contribution in [3.05, 3.63) is 46.9 Å². The maximum atomic E-state index is 6.14. The zero-order valence-corrected chi connectivity index (χ0v) is 12.6. The van der Waals surface area contributed by atoms with Crippen LogP contribution in [0.1, 0.15) is 25.2 Å². The van der Waals surface area contributed by atoms with E-state index in [1.807, 2.05) is 19.1 Å². The molecule has 0 saturated carbocycles. The Hall–Kier alpha value is -1.65. The Morgan fingerprint density at radius 3 is 2.80 bits per heavy atom. The molecule has 0 aromatic carbocycles. The van der Waals surface area contributed by atoms with Crippen LogP contribution in [0.25, 0.3) is 0 Å². The third kappa shape index (κ3) is 3.92. The number of ether oxygens (including phenoxy) is 1. The molecule has 2 aromatic rings. The summed E-state index contributed by atoms with van der Waals surface area (Å²) < 4.78 is 5.75. The molecule has 0 saturated heterocycles. The summed E-state index contributed by atoms with van der Waals surface area (Å²) in [4.78, 5) is 8.62. The molecule has 0 amide bonds. The van der Waals surface area contributed by atoms with Crippen molar-refractivity contribution in [2.24, 2.45) is 0 Å². The molecule has 0 unspecified atom stereocenters. The minimum absolute atomic E-state index is 0.373. The molecule has 0 spiro atoms. The van der Waals surface area contributed by atoms with E-state index < -0.39 is 0 Å². The molecule has 2 rings (SSSR count). The fraction of sp³-hybridized carbons (Fsp3) is 0.333. The molecule has 0 fully saturated rings. The number of nitrogens with one attached hydrogen (secondary N) is 1. The zero-order chi connectivity index (χ0) is 14.5. The summed E-state index contributed by atoms with van der Waals surface area (Å²) in [5.74, 6) is 1.22. The highest BCUT2D eigenvalue weighted by atomic mass is 35.5.